The normalized spacial score (nSPS) is 9.88. The smallest absolute Gasteiger partial charge is 0.328 e. The molecule has 86 valence electrons. The minimum absolute atomic E-state index is 0.926. The van der Waals surface area contributed by atoms with E-state index in [1.807, 2.05) is 42.5 Å². The molecule has 1 N–H and O–H groups in total. The molecule has 0 aliphatic carbocycles. The summed E-state index contributed by atoms with van der Waals surface area (Å²) in [6.45, 7) is 6.00. The molecule has 0 bridgehead atoms. The Bertz CT molecular complexity index is 536. The summed E-state index contributed by atoms with van der Waals surface area (Å²) < 4.78 is 0. The zero-order valence-corrected chi connectivity index (χ0v) is 9.47. The Kier molecular flexibility index (Phi) is 4.70. The summed E-state index contributed by atoms with van der Waals surface area (Å²) in [5, 5.41) is 10.7. The lowest BCUT2D eigenvalue weighted by atomic mass is 10.0. The Hall–Kier alpha value is -2.35. The summed E-state index contributed by atoms with van der Waals surface area (Å²) in [5.74, 6) is -0.928. The lowest BCUT2D eigenvalue weighted by Gasteiger charge is -2.00. The lowest BCUT2D eigenvalue weighted by molar-refractivity contribution is -0.131. The first kappa shape index (κ1) is 12.7. The maximum absolute atomic E-state index is 10.4. The summed E-state index contributed by atoms with van der Waals surface area (Å²) in [6.07, 6.45) is 2.77. The van der Waals surface area contributed by atoms with Gasteiger partial charge in [0.25, 0.3) is 0 Å². The molecule has 2 aromatic carbocycles. The van der Waals surface area contributed by atoms with Gasteiger partial charge in [-0.2, -0.15) is 0 Å². The maximum Gasteiger partial charge on any atom is 0.328 e. The molecule has 0 heterocycles. The Labute approximate surface area is 101 Å². The summed E-state index contributed by atoms with van der Waals surface area (Å²) in [7, 11) is 0. The fourth-order valence-electron chi connectivity index (χ4n) is 1.56. The maximum atomic E-state index is 10.4. The molecule has 2 nitrogen and oxygen atoms in total. The van der Waals surface area contributed by atoms with Crippen LogP contribution in [0.5, 0.6) is 0 Å². The van der Waals surface area contributed by atoms with Crippen LogP contribution in [-0.4, -0.2) is 11.1 Å². The second-order valence-electron chi connectivity index (χ2n) is 3.24. The molecular formula is C15H14O2. The Morgan fingerprint density at radius 3 is 2.41 bits per heavy atom. The molecule has 2 aromatic rings. The van der Waals surface area contributed by atoms with Crippen molar-refractivity contribution in [1.29, 1.82) is 0 Å². The van der Waals surface area contributed by atoms with E-state index in [-0.39, 0.29) is 0 Å². The number of carboxylic acids is 1. The molecular weight excluding hydrogens is 212 g/mol. The average Bonchev–Trinajstić information content (AvgIpc) is 2.38. The van der Waals surface area contributed by atoms with Gasteiger partial charge in [0.15, 0.2) is 0 Å². The van der Waals surface area contributed by atoms with Gasteiger partial charge in [-0.1, -0.05) is 42.5 Å². The quantitative estimate of drug-likeness (QED) is 0.625. The second kappa shape index (κ2) is 6.28. The van der Waals surface area contributed by atoms with Crippen molar-refractivity contribution in [3.63, 3.8) is 0 Å². The van der Waals surface area contributed by atoms with E-state index < -0.39 is 5.97 Å². The van der Waals surface area contributed by atoms with Crippen molar-refractivity contribution in [2.45, 2.75) is 0 Å². The van der Waals surface area contributed by atoms with Crippen LogP contribution in [0.4, 0.5) is 0 Å². The van der Waals surface area contributed by atoms with E-state index in [2.05, 4.69) is 13.2 Å². The first-order valence-electron chi connectivity index (χ1n) is 5.16. The first-order valence-corrected chi connectivity index (χ1v) is 5.16. The zero-order chi connectivity index (χ0) is 12.7. The molecule has 0 saturated heterocycles. The van der Waals surface area contributed by atoms with Crippen LogP contribution < -0.4 is 0 Å². The van der Waals surface area contributed by atoms with Gasteiger partial charge in [-0.25, -0.2) is 4.79 Å². The van der Waals surface area contributed by atoms with Gasteiger partial charge in [0.2, 0.25) is 0 Å². The largest absolute Gasteiger partial charge is 0.478 e. The molecule has 0 unspecified atom stereocenters. The zero-order valence-electron chi connectivity index (χ0n) is 9.47. The van der Waals surface area contributed by atoms with Gasteiger partial charge in [-0.3, -0.25) is 0 Å². The fourth-order valence-corrected chi connectivity index (χ4v) is 1.56. The highest BCUT2D eigenvalue weighted by atomic mass is 16.4. The molecule has 0 radical (unpaired) electrons. The van der Waals surface area contributed by atoms with E-state index in [4.69, 9.17) is 5.11 Å². The van der Waals surface area contributed by atoms with Crippen LogP contribution in [0.15, 0.2) is 61.7 Å². The van der Waals surface area contributed by atoms with Gasteiger partial charge in [0.05, 0.1) is 0 Å². The van der Waals surface area contributed by atoms with E-state index in [9.17, 15) is 4.79 Å². The molecule has 0 amide bonds. The SMILES string of the molecule is C=C.O=C(O)C=Cc1cccc2ccccc12. The molecule has 0 aliphatic rings. The van der Waals surface area contributed by atoms with Crippen LogP contribution in [0, 0.1) is 0 Å². The average molecular weight is 226 g/mol. The molecule has 0 fully saturated rings. The van der Waals surface area contributed by atoms with Gasteiger partial charge in [-0.15, -0.1) is 13.2 Å². The topological polar surface area (TPSA) is 37.3 Å². The van der Waals surface area contributed by atoms with E-state index in [0.29, 0.717) is 0 Å². The molecule has 0 spiro atoms. The van der Waals surface area contributed by atoms with E-state index in [1.54, 1.807) is 6.08 Å². The molecule has 0 atom stereocenters. The van der Waals surface area contributed by atoms with Crippen molar-refractivity contribution < 1.29 is 9.90 Å². The van der Waals surface area contributed by atoms with Crippen LogP contribution in [0.1, 0.15) is 5.56 Å². The number of fused-ring (bicyclic) bond motifs is 1. The van der Waals surface area contributed by atoms with Crippen molar-refractivity contribution in [3.05, 3.63) is 67.3 Å². The minimum atomic E-state index is -0.928. The number of carboxylic acid groups (broad SMARTS) is 1. The molecule has 0 aliphatic heterocycles. The summed E-state index contributed by atoms with van der Waals surface area (Å²) in [5.41, 5.74) is 0.926. The lowest BCUT2D eigenvalue weighted by Crippen LogP contribution is -1.86. The molecule has 0 saturated carbocycles. The number of rotatable bonds is 2. The van der Waals surface area contributed by atoms with Gasteiger partial charge >= 0.3 is 5.97 Å². The third-order valence-corrected chi connectivity index (χ3v) is 2.23. The number of aliphatic carboxylic acids is 1. The number of hydrogen-bond donors (Lipinski definition) is 1. The van der Waals surface area contributed by atoms with E-state index in [1.165, 1.54) is 0 Å². The standard InChI is InChI=1S/C13H10O2.C2H4/c14-13(15)9-8-11-6-3-5-10-4-1-2-7-12(10)11;1-2/h1-9H,(H,14,15);1-2H2. The van der Waals surface area contributed by atoms with Crippen molar-refractivity contribution in [1.82, 2.24) is 0 Å². The number of hydrogen-bond acceptors (Lipinski definition) is 1. The van der Waals surface area contributed by atoms with Gasteiger partial charge < -0.3 is 5.11 Å². The summed E-state index contributed by atoms with van der Waals surface area (Å²) >= 11 is 0. The van der Waals surface area contributed by atoms with Gasteiger partial charge in [0, 0.05) is 6.08 Å². The van der Waals surface area contributed by atoms with Gasteiger partial charge in [-0.05, 0) is 22.4 Å². The first-order chi connectivity index (χ1) is 8.27. The second-order valence-corrected chi connectivity index (χ2v) is 3.24. The van der Waals surface area contributed by atoms with Crippen LogP contribution in [-0.2, 0) is 4.79 Å². The third-order valence-electron chi connectivity index (χ3n) is 2.23. The van der Waals surface area contributed by atoms with Crippen molar-refractivity contribution in [3.8, 4) is 0 Å². The Morgan fingerprint density at radius 1 is 1.06 bits per heavy atom. The monoisotopic (exact) mass is 226 g/mol. The molecule has 0 aromatic heterocycles. The van der Waals surface area contributed by atoms with E-state index >= 15 is 0 Å². The predicted octanol–water partition coefficient (Wildman–Crippen LogP) is 3.74. The Balaban J connectivity index is 0.000000686. The number of carbonyl (C=O) groups is 1. The number of benzene rings is 2. The molecule has 17 heavy (non-hydrogen) atoms. The molecule has 2 rings (SSSR count). The summed E-state index contributed by atoms with van der Waals surface area (Å²) in [4.78, 5) is 10.4. The van der Waals surface area contributed by atoms with Crippen LogP contribution >= 0.6 is 0 Å². The fraction of sp³-hybridized carbons (Fsp3) is 0. The minimum Gasteiger partial charge on any atom is -0.478 e. The van der Waals surface area contributed by atoms with E-state index in [0.717, 1.165) is 22.4 Å². The van der Waals surface area contributed by atoms with Crippen molar-refractivity contribution in [2.75, 3.05) is 0 Å². The summed E-state index contributed by atoms with van der Waals surface area (Å²) in [6, 6.07) is 13.7. The molecule has 2 heteroatoms. The highest BCUT2D eigenvalue weighted by Gasteiger charge is 1.96. The van der Waals surface area contributed by atoms with Crippen molar-refractivity contribution in [2.24, 2.45) is 0 Å². The Morgan fingerprint density at radius 2 is 1.71 bits per heavy atom. The van der Waals surface area contributed by atoms with Crippen LogP contribution in [0.25, 0.3) is 16.8 Å². The van der Waals surface area contributed by atoms with Gasteiger partial charge in [0.1, 0.15) is 0 Å². The predicted molar refractivity (Wildman–Crippen MR) is 71.9 cm³/mol. The van der Waals surface area contributed by atoms with Crippen molar-refractivity contribution >= 4 is 22.8 Å². The van der Waals surface area contributed by atoms with Crippen LogP contribution in [0.3, 0.4) is 0 Å². The highest BCUT2D eigenvalue weighted by Crippen LogP contribution is 2.19. The highest BCUT2D eigenvalue weighted by molar-refractivity contribution is 5.94. The van der Waals surface area contributed by atoms with Crippen LogP contribution in [0.2, 0.25) is 0 Å². The third kappa shape index (κ3) is 3.31.